The lowest BCUT2D eigenvalue weighted by molar-refractivity contribution is -0.274. The Balaban J connectivity index is 3.19. The summed E-state index contributed by atoms with van der Waals surface area (Å²) in [6.07, 6.45) is -4.83. The number of carbonyl (C=O) groups is 1. The highest BCUT2D eigenvalue weighted by atomic mass is 35.5. The molecule has 0 radical (unpaired) electrons. The topological polar surface area (TPSA) is 26.3 Å². The van der Waals surface area contributed by atoms with Crippen molar-refractivity contribution >= 4 is 17.4 Å². The van der Waals surface area contributed by atoms with Crippen molar-refractivity contribution in [1.29, 1.82) is 0 Å². The molecule has 0 unspecified atom stereocenters. The van der Waals surface area contributed by atoms with Gasteiger partial charge in [-0.1, -0.05) is 12.1 Å². The Morgan fingerprint density at radius 2 is 2.06 bits per heavy atom. The van der Waals surface area contributed by atoms with Crippen molar-refractivity contribution in [1.82, 2.24) is 0 Å². The molecule has 0 bridgehead atoms. The third-order valence-corrected chi connectivity index (χ3v) is 2.09. The Hall–Kier alpha value is -1.23. The third-order valence-electron chi connectivity index (χ3n) is 1.85. The summed E-state index contributed by atoms with van der Waals surface area (Å²) in [5.74, 6) is -1.48. The van der Waals surface area contributed by atoms with Crippen molar-refractivity contribution in [3.05, 3.63) is 29.3 Å². The van der Waals surface area contributed by atoms with Gasteiger partial charge in [0.1, 0.15) is 5.75 Å². The van der Waals surface area contributed by atoms with E-state index in [0.717, 1.165) is 0 Å². The van der Waals surface area contributed by atoms with E-state index in [2.05, 4.69) is 4.74 Å². The molecule has 0 aliphatic carbocycles. The standard InChI is InChI=1S/C10H8ClF3O2/c1-6-3-2-4-7(8(15)5-11)9(6)16-10(12,13)14/h2-4H,5H2,1H3. The molecule has 1 rings (SSSR count). The summed E-state index contributed by atoms with van der Waals surface area (Å²) in [6, 6.07) is 4.14. The van der Waals surface area contributed by atoms with Crippen molar-refractivity contribution in [3.8, 4) is 5.75 Å². The number of halogens is 4. The second kappa shape index (κ2) is 4.74. The van der Waals surface area contributed by atoms with Gasteiger partial charge in [-0.3, -0.25) is 4.79 Å². The molecule has 0 amide bonds. The Morgan fingerprint density at radius 1 is 1.44 bits per heavy atom. The van der Waals surface area contributed by atoms with E-state index in [1.165, 1.54) is 25.1 Å². The van der Waals surface area contributed by atoms with Crippen molar-refractivity contribution in [2.45, 2.75) is 13.3 Å². The molecule has 2 nitrogen and oxygen atoms in total. The predicted molar refractivity (Wildman–Crippen MR) is 52.9 cm³/mol. The fourth-order valence-electron chi connectivity index (χ4n) is 1.20. The number of rotatable bonds is 3. The van der Waals surface area contributed by atoms with Crippen molar-refractivity contribution in [2.24, 2.45) is 0 Å². The van der Waals surface area contributed by atoms with Crippen LogP contribution in [0.4, 0.5) is 13.2 Å². The number of aryl methyl sites for hydroxylation is 1. The fourth-order valence-corrected chi connectivity index (χ4v) is 1.34. The monoisotopic (exact) mass is 252 g/mol. The van der Waals surface area contributed by atoms with Crippen LogP contribution in [-0.4, -0.2) is 18.0 Å². The summed E-state index contributed by atoms with van der Waals surface area (Å²) in [4.78, 5) is 11.3. The lowest BCUT2D eigenvalue weighted by Gasteiger charge is -2.14. The molecule has 0 fully saturated rings. The van der Waals surface area contributed by atoms with E-state index in [1.807, 2.05) is 0 Å². The molecule has 0 spiro atoms. The van der Waals surface area contributed by atoms with Crippen LogP contribution in [0.5, 0.6) is 5.75 Å². The number of hydrogen-bond donors (Lipinski definition) is 0. The Kier molecular flexibility index (Phi) is 3.80. The van der Waals surface area contributed by atoms with E-state index >= 15 is 0 Å². The summed E-state index contributed by atoms with van der Waals surface area (Å²) in [5.41, 5.74) is 0.0700. The summed E-state index contributed by atoms with van der Waals surface area (Å²) in [7, 11) is 0. The highest BCUT2D eigenvalue weighted by Crippen LogP contribution is 2.30. The lowest BCUT2D eigenvalue weighted by Crippen LogP contribution is -2.20. The minimum absolute atomic E-state index is 0.160. The lowest BCUT2D eigenvalue weighted by atomic mass is 10.1. The maximum absolute atomic E-state index is 12.1. The van der Waals surface area contributed by atoms with Gasteiger partial charge in [-0.05, 0) is 18.6 Å². The Labute approximate surface area is 95.0 Å². The molecule has 0 saturated carbocycles. The molecule has 0 aromatic heterocycles. The summed E-state index contributed by atoms with van der Waals surface area (Å²) in [5, 5.41) is 0. The van der Waals surface area contributed by atoms with Crippen molar-refractivity contribution < 1.29 is 22.7 Å². The van der Waals surface area contributed by atoms with Gasteiger partial charge < -0.3 is 4.74 Å². The summed E-state index contributed by atoms with van der Waals surface area (Å²) < 4.78 is 40.1. The average molecular weight is 253 g/mol. The van der Waals surface area contributed by atoms with Gasteiger partial charge in [0.25, 0.3) is 0 Å². The molecule has 0 atom stereocenters. The Bertz CT molecular complexity index is 402. The first-order valence-corrected chi connectivity index (χ1v) is 4.83. The average Bonchev–Trinajstić information content (AvgIpc) is 2.18. The molecular formula is C10H8ClF3O2. The van der Waals surface area contributed by atoms with Gasteiger partial charge in [-0.15, -0.1) is 24.8 Å². The second-order valence-corrected chi connectivity index (χ2v) is 3.32. The smallest absolute Gasteiger partial charge is 0.405 e. The maximum Gasteiger partial charge on any atom is 0.573 e. The van der Waals surface area contributed by atoms with E-state index in [0.29, 0.717) is 0 Å². The van der Waals surface area contributed by atoms with E-state index < -0.39 is 23.8 Å². The van der Waals surface area contributed by atoms with Crippen molar-refractivity contribution in [2.75, 3.05) is 5.88 Å². The zero-order valence-corrected chi connectivity index (χ0v) is 9.02. The van der Waals surface area contributed by atoms with E-state index in [-0.39, 0.29) is 11.1 Å². The molecule has 6 heteroatoms. The third kappa shape index (κ3) is 3.13. The van der Waals surface area contributed by atoms with Crippen LogP contribution in [0.3, 0.4) is 0 Å². The van der Waals surface area contributed by atoms with Gasteiger partial charge in [-0.25, -0.2) is 0 Å². The van der Waals surface area contributed by atoms with Gasteiger partial charge in [0, 0.05) is 0 Å². The van der Waals surface area contributed by atoms with Crippen LogP contribution in [0, 0.1) is 6.92 Å². The van der Waals surface area contributed by atoms with E-state index in [4.69, 9.17) is 11.6 Å². The maximum atomic E-state index is 12.1. The largest absolute Gasteiger partial charge is 0.573 e. The minimum atomic E-state index is -4.83. The van der Waals surface area contributed by atoms with Crippen molar-refractivity contribution in [3.63, 3.8) is 0 Å². The number of ketones is 1. The number of alkyl halides is 4. The number of Topliss-reactive ketones (excluding diaryl/α,β-unsaturated/α-hetero) is 1. The van der Waals surface area contributed by atoms with Gasteiger partial charge in [0.05, 0.1) is 11.4 Å². The number of ether oxygens (including phenoxy) is 1. The fraction of sp³-hybridized carbons (Fsp3) is 0.300. The first-order valence-electron chi connectivity index (χ1n) is 4.29. The second-order valence-electron chi connectivity index (χ2n) is 3.06. The van der Waals surface area contributed by atoms with Crippen LogP contribution >= 0.6 is 11.6 Å². The number of para-hydroxylation sites is 1. The molecule has 16 heavy (non-hydrogen) atoms. The Morgan fingerprint density at radius 3 is 2.56 bits per heavy atom. The molecule has 0 heterocycles. The molecule has 0 aliphatic heterocycles. The normalized spacial score (nSPS) is 11.3. The number of benzene rings is 1. The SMILES string of the molecule is Cc1cccc(C(=O)CCl)c1OC(F)(F)F. The molecule has 1 aromatic carbocycles. The van der Waals surface area contributed by atoms with Gasteiger partial charge >= 0.3 is 6.36 Å². The number of hydrogen-bond acceptors (Lipinski definition) is 2. The van der Waals surface area contributed by atoms with Crippen LogP contribution in [0.1, 0.15) is 15.9 Å². The van der Waals surface area contributed by atoms with E-state index in [9.17, 15) is 18.0 Å². The number of carbonyl (C=O) groups excluding carboxylic acids is 1. The minimum Gasteiger partial charge on any atom is -0.405 e. The quantitative estimate of drug-likeness (QED) is 0.609. The van der Waals surface area contributed by atoms with Gasteiger partial charge in [-0.2, -0.15) is 0 Å². The predicted octanol–water partition coefficient (Wildman–Crippen LogP) is 3.32. The van der Waals surface area contributed by atoms with Gasteiger partial charge in [0.15, 0.2) is 5.78 Å². The molecular weight excluding hydrogens is 245 g/mol. The molecule has 88 valence electrons. The van der Waals surface area contributed by atoms with Gasteiger partial charge in [0.2, 0.25) is 0 Å². The zero-order valence-electron chi connectivity index (χ0n) is 8.27. The molecule has 0 N–H and O–H groups in total. The molecule has 0 aliphatic rings. The van der Waals surface area contributed by atoms with Crippen LogP contribution in [-0.2, 0) is 0 Å². The first-order chi connectivity index (χ1) is 7.35. The molecule has 0 saturated heterocycles. The van der Waals surface area contributed by atoms with Crippen LogP contribution in [0.25, 0.3) is 0 Å². The van der Waals surface area contributed by atoms with E-state index in [1.54, 1.807) is 0 Å². The highest BCUT2D eigenvalue weighted by molar-refractivity contribution is 6.30. The highest BCUT2D eigenvalue weighted by Gasteiger charge is 2.33. The first kappa shape index (κ1) is 12.8. The van der Waals surface area contributed by atoms with Crippen LogP contribution in [0.15, 0.2) is 18.2 Å². The molecule has 1 aromatic rings. The van der Waals surface area contributed by atoms with Crippen LogP contribution in [0.2, 0.25) is 0 Å². The summed E-state index contributed by atoms with van der Waals surface area (Å²) >= 11 is 5.30. The van der Waals surface area contributed by atoms with Crippen LogP contribution < -0.4 is 4.74 Å². The summed E-state index contributed by atoms with van der Waals surface area (Å²) in [6.45, 7) is 1.42. The zero-order chi connectivity index (χ0) is 12.3.